The second-order valence-electron chi connectivity index (χ2n) is 4.85. The molecule has 2 aromatic carbocycles. The van der Waals surface area contributed by atoms with E-state index in [1.54, 1.807) is 0 Å². The first-order valence-electron chi connectivity index (χ1n) is 6.87. The average Bonchev–Trinajstić information content (AvgIpc) is 2.96. The topological polar surface area (TPSA) is 58.7 Å². The van der Waals surface area contributed by atoms with Gasteiger partial charge in [-0.3, -0.25) is 4.79 Å². The predicted octanol–water partition coefficient (Wildman–Crippen LogP) is 3.61. The van der Waals surface area contributed by atoms with Gasteiger partial charge in [-0.05, 0) is 17.7 Å². The Morgan fingerprint density at radius 2 is 1.64 bits per heavy atom. The van der Waals surface area contributed by atoms with E-state index in [9.17, 15) is 10.1 Å². The van der Waals surface area contributed by atoms with E-state index in [1.807, 2.05) is 60.7 Å². The molecule has 0 saturated carbocycles. The van der Waals surface area contributed by atoms with Gasteiger partial charge in [0.15, 0.2) is 11.5 Å². The van der Waals surface area contributed by atoms with Crippen LogP contribution in [0.25, 0.3) is 16.8 Å². The van der Waals surface area contributed by atoms with E-state index < -0.39 is 0 Å². The fourth-order valence-electron chi connectivity index (χ4n) is 2.40. The van der Waals surface area contributed by atoms with Crippen LogP contribution in [-0.2, 0) is 0 Å². The first-order chi connectivity index (χ1) is 10.7. The van der Waals surface area contributed by atoms with Crippen LogP contribution in [0, 0.1) is 11.3 Å². The molecule has 0 unspecified atom stereocenters. The number of hydrogen-bond acceptors (Lipinski definition) is 3. The third-order valence-corrected chi connectivity index (χ3v) is 3.39. The molecule has 0 saturated heterocycles. The molecule has 0 bridgehead atoms. The average molecular weight is 287 g/mol. The van der Waals surface area contributed by atoms with Gasteiger partial charge in [0.1, 0.15) is 11.8 Å². The maximum absolute atomic E-state index is 12.0. The van der Waals surface area contributed by atoms with Gasteiger partial charge in [-0.1, -0.05) is 48.5 Å². The molecule has 3 rings (SSSR count). The van der Waals surface area contributed by atoms with E-state index >= 15 is 0 Å². The van der Waals surface area contributed by atoms with Gasteiger partial charge in [-0.2, -0.15) is 10.4 Å². The summed E-state index contributed by atoms with van der Waals surface area (Å²) < 4.78 is 1.53. The number of carbonyl (C=O) groups excluding carboxylic acids is 1. The minimum Gasteiger partial charge on any atom is -0.293 e. The van der Waals surface area contributed by atoms with Gasteiger partial charge in [0.2, 0.25) is 0 Å². The highest BCUT2D eigenvalue weighted by Gasteiger charge is 2.22. The van der Waals surface area contributed by atoms with Crippen LogP contribution in [0.3, 0.4) is 0 Å². The Morgan fingerprint density at radius 1 is 1.05 bits per heavy atom. The Kier molecular flexibility index (Phi) is 3.55. The highest BCUT2D eigenvalue weighted by molar-refractivity contribution is 6.00. The summed E-state index contributed by atoms with van der Waals surface area (Å²) >= 11 is 0. The summed E-state index contributed by atoms with van der Waals surface area (Å²) in [4.78, 5) is 12.0. The second-order valence-corrected chi connectivity index (χ2v) is 4.85. The predicted molar refractivity (Wildman–Crippen MR) is 83.7 cm³/mol. The quantitative estimate of drug-likeness (QED) is 0.691. The Balaban J connectivity index is 2.32. The van der Waals surface area contributed by atoms with E-state index in [0.717, 1.165) is 11.3 Å². The van der Waals surface area contributed by atoms with Crippen LogP contribution in [-0.4, -0.2) is 15.6 Å². The molecular weight excluding hydrogens is 274 g/mol. The van der Waals surface area contributed by atoms with Crippen molar-refractivity contribution in [1.82, 2.24) is 9.78 Å². The molecule has 0 radical (unpaired) electrons. The number of nitriles is 1. The molecule has 0 N–H and O–H groups in total. The van der Waals surface area contributed by atoms with Crippen LogP contribution in [0.2, 0.25) is 0 Å². The van der Waals surface area contributed by atoms with Gasteiger partial charge in [-0.25, -0.2) is 4.68 Å². The van der Waals surface area contributed by atoms with Crippen LogP contribution in [0.5, 0.6) is 0 Å². The summed E-state index contributed by atoms with van der Waals surface area (Å²) in [5.74, 6) is -0.162. The van der Waals surface area contributed by atoms with Crippen LogP contribution >= 0.6 is 0 Å². The molecule has 1 heterocycles. The number of Topliss-reactive ketones (excluding diaryl/α,β-unsaturated/α-hetero) is 1. The molecule has 4 nitrogen and oxygen atoms in total. The zero-order valence-electron chi connectivity index (χ0n) is 12.0. The maximum Gasteiger partial charge on any atom is 0.180 e. The molecule has 3 aromatic rings. The number of hydrogen-bond donors (Lipinski definition) is 0. The van der Waals surface area contributed by atoms with Gasteiger partial charge < -0.3 is 0 Å². The number of para-hydroxylation sites is 1. The largest absolute Gasteiger partial charge is 0.293 e. The minimum atomic E-state index is -0.162. The Hall–Kier alpha value is -3.19. The van der Waals surface area contributed by atoms with Crippen molar-refractivity contribution in [2.24, 2.45) is 0 Å². The Bertz CT molecular complexity index is 859. The molecular formula is C18H13N3O. The first kappa shape index (κ1) is 13.8. The molecule has 22 heavy (non-hydrogen) atoms. The Morgan fingerprint density at radius 3 is 2.18 bits per heavy atom. The van der Waals surface area contributed by atoms with Crippen LogP contribution in [0.1, 0.15) is 23.1 Å². The number of aromatic nitrogens is 2. The highest BCUT2D eigenvalue weighted by atomic mass is 16.1. The van der Waals surface area contributed by atoms with E-state index in [-0.39, 0.29) is 5.78 Å². The van der Waals surface area contributed by atoms with Crippen LogP contribution in [0.15, 0.2) is 60.7 Å². The molecule has 0 amide bonds. The van der Waals surface area contributed by atoms with Gasteiger partial charge in [0.05, 0.1) is 5.69 Å². The lowest BCUT2D eigenvalue weighted by Crippen LogP contribution is -2.00. The van der Waals surface area contributed by atoms with Crippen molar-refractivity contribution >= 4 is 5.78 Å². The SMILES string of the molecule is CC(=O)c1nn(-c2ccccc2)c(C#N)c1-c1ccccc1. The molecule has 0 atom stereocenters. The fraction of sp³-hybridized carbons (Fsp3) is 0.0556. The molecule has 106 valence electrons. The van der Waals surface area contributed by atoms with Gasteiger partial charge >= 0.3 is 0 Å². The van der Waals surface area contributed by atoms with Crippen molar-refractivity contribution in [3.63, 3.8) is 0 Å². The lowest BCUT2D eigenvalue weighted by molar-refractivity contribution is 0.101. The number of carbonyl (C=O) groups is 1. The van der Waals surface area contributed by atoms with Gasteiger partial charge in [-0.15, -0.1) is 0 Å². The van der Waals surface area contributed by atoms with Crippen LogP contribution < -0.4 is 0 Å². The monoisotopic (exact) mass is 287 g/mol. The number of benzene rings is 2. The summed E-state index contributed by atoms with van der Waals surface area (Å²) in [5, 5.41) is 14.0. The van der Waals surface area contributed by atoms with Crippen LogP contribution in [0.4, 0.5) is 0 Å². The summed E-state index contributed by atoms with van der Waals surface area (Å²) in [6, 6.07) is 20.9. The lowest BCUT2D eigenvalue weighted by Gasteiger charge is -2.03. The standard InChI is InChI=1S/C18H13N3O/c1-13(22)18-17(14-8-4-2-5-9-14)16(12-19)21(20-18)15-10-6-3-7-11-15/h2-11H,1H3. The third kappa shape index (κ3) is 2.29. The number of ketones is 1. The van der Waals surface area contributed by atoms with Crippen molar-refractivity contribution in [3.8, 4) is 22.9 Å². The van der Waals surface area contributed by atoms with Crippen molar-refractivity contribution in [2.45, 2.75) is 6.92 Å². The third-order valence-electron chi connectivity index (χ3n) is 3.39. The number of rotatable bonds is 3. The molecule has 0 fully saturated rings. The molecule has 0 aliphatic rings. The molecule has 4 heteroatoms. The zero-order valence-corrected chi connectivity index (χ0v) is 12.0. The van der Waals surface area contributed by atoms with E-state index in [2.05, 4.69) is 11.2 Å². The normalized spacial score (nSPS) is 10.2. The molecule has 0 aliphatic carbocycles. The summed E-state index contributed by atoms with van der Waals surface area (Å²) in [6.07, 6.45) is 0. The Labute approximate surface area is 128 Å². The summed E-state index contributed by atoms with van der Waals surface area (Å²) in [5.41, 5.74) is 2.82. The smallest absolute Gasteiger partial charge is 0.180 e. The second kappa shape index (κ2) is 5.66. The molecule has 1 aromatic heterocycles. The van der Waals surface area contributed by atoms with Crippen molar-refractivity contribution in [2.75, 3.05) is 0 Å². The summed E-state index contributed by atoms with van der Waals surface area (Å²) in [6.45, 7) is 1.46. The zero-order chi connectivity index (χ0) is 15.5. The van der Waals surface area contributed by atoms with E-state index in [4.69, 9.17) is 0 Å². The summed E-state index contributed by atoms with van der Waals surface area (Å²) in [7, 11) is 0. The number of nitrogens with zero attached hydrogens (tertiary/aromatic N) is 3. The minimum absolute atomic E-state index is 0.162. The molecule has 0 aliphatic heterocycles. The maximum atomic E-state index is 12.0. The van der Waals surface area contributed by atoms with Crippen molar-refractivity contribution < 1.29 is 4.79 Å². The van der Waals surface area contributed by atoms with E-state index in [1.165, 1.54) is 11.6 Å². The fourth-order valence-corrected chi connectivity index (χ4v) is 2.40. The van der Waals surface area contributed by atoms with Crippen molar-refractivity contribution in [3.05, 3.63) is 72.1 Å². The van der Waals surface area contributed by atoms with E-state index in [0.29, 0.717) is 17.0 Å². The first-order valence-corrected chi connectivity index (χ1v) is 6.87. The van der Waals surface area contributed by atoms with Crippen molar-refractivity contribution in [1.29, 1.82) is 5.26 Å². The molecule has 0 spiro atoms. The lowest BCUT2D eigenvalue weighted by atomic mass is 10.0. The van der Waals surface area contributed by atoms with Gasteiger partial charge in [0, 0.05) is 12.5 Å². The van der Waals surface area contributed by atoms with Gasteiger partial charge in [0.25, 0.3) is 0 Å². The highest BCUT2D eigenvalue weighted by Crippen LogP contribution is 2.29.